The van der Waals surface area contributed by atoms with Crippen molar-refractivity contribution in [2.24, 2.45) is 0 Å². The Kier molecular flexibility index (Phi) is 3.76. The topological polar surface area (TPSA) is 57.8 Å². The fourth-order valence-electron chi connectivity index (χ4n) is 1.04. The predicted molar refractivity (Wildman–Crippen MR) is 59.8 cm³/mol. The van der Waals surface area contributed by atoms with Gasteiger partial charge in [0.15, 0.2) is 0 Å². The fourth-order valence-corrected chi connectivity index (χ4v) is 1.77. The van der Waals surface area contributed by atoms with E-state index in [1.807, 2.05) is 13.8 Å². The molecule has 0 amide bonds. The molecule has 0 aromatic carbocycles. The highest BCUT2D eigenvalue weighted by atomic mass is 32.2. The largest absolute Gasteiger partial charge is 0.348 e. The average molecular weight is 211 g/mol. The molecule has 14 heavy (non-hydrogen) atoms. The molecule has 0 unspecified atom stereocenters. The number of aromatic amines is 1. The van der Waals surface area contributed by atoms with Crippen molar-refractivity contribution >= 4 is 17.6 Å². The van der Waals surface area contributed by atoms with E-state index in [-0.39, 0.29) is 5.69 Å². The molecule has 5 heteroatoms. The van der Waals surface area contributed by atoms with Gasteiger partial charge in [0.05, 0.1) is 0 Å². The number of aromatic nitrogens is 2. The first-order valence-corrected chi connectivity index (χ1v) is 5.28. The van der Waals surface area contributed by atoms with Gasteiger partial charge in [-0.05, 0) is 18.9 Å². The van der Waals surface area contributed by atoms with Gasteiger partial charge in [-0.25, -0.2) is 4.79 Å². The second-order valence-electron chi connectivity index (χ2n) is 2.63. The van der Waals surface area contributed by atoms with Gasteiger partial charge in [0, 0.05) is 5.56 Å². The van der Waals surface area contributed by atoms with Crippen molar-refractivity contribution in [3.05, 3.63) is 28.8 Å². The zero-order valence-electron chi connectivity index (χ0n) is 8.26. The molecule has 1 aromatic rings. The fraction of sp³-hybridized carbons (Fsp3) is 0.333. The van der Waals surface area contributed by atoms with Crippen LogP contribution in [-0.2, 0) is 0 Å². The van der Waals surface area contributed by atoms with Crippen molar-refractivity contribution in [3.63, 3.8) is 0 Å². The molecule has 0 atom stereocenters. The van der Waals surface area contributed by atoms with E-state index in [9.17, 15) is 4.79 Å². The molecule has 76 valence electrons. The highest BCUT2D eigenvalue weighted by molar-refractivity contribution is 7.99. The molecule has 1 aromatic heterocycles. The lowest BCUT2D eigenvalue weighted by atomic mass is 10.3. The van der Waals surface area contributed by atoms with Crippen LogP contribution in [0.2, 0.25) is 0 Å². The van der Waals surface area contributed by atoms with Crippen molar-refractivity contribution in [1.82, 2.24) is 9.97 Å². The summed E-state index contributed by atoms with van der Waals surface area (Å²) in [4.78, 5) is 17.7. The van der Waals surface area contributed by atoms with Gasteiger partial charge in [-0.15, -0.1) is 11.8 Å². The minimum atomic E-state index is -0.337. The van der Waals surface area contributed by atoms with Crippen LogP contribution in [0.3, 0.4) is 0 Å². The van der Waals surface area contributed by atoms with E-state index >= 15 is 0 Å². The molecule has 4 nitrogen and oxygen atoms in total. The van der Waals surface area contributed by atoms with Crippen LogP contribution in [0.15, 0.2) is 22.6 Å². The second-order valence-corrected chi connectivity index (χ2v) is 3.88. The van der Waals surface area contributed by atoms with Gasteiger partial charge in [-0.2, -0.15) is 4.98 Å². The van der Waals surface area contributed by atoms with Gasteiger partial charge in [-0.3, -0.25) is 4.98 Å². The summed E-state index contributed by atoms with van der Waals surface area (Å²) in [6, 6.07) is 0. The van der Waals surface area contributed by atoms with Gasteiger partial charge in [0.25, 0.3) is 0 Å². The Bertz CT molecular complexity index is 386. The van der Waals surface area contributed by atoms with Crippen LogP contribution < -0.4 is 11.0 Å². The first-order valence-electron chi connectivity index (χ1n) is 4.30. The van der Waals surface area contributed by atoms with Gasteiger partial charge >= 0.3 is 5.69 Å². The highest BCUT2D eigenvalue weighted by Crippen LogP contribution is 2.21. The van der Waals surface area contributed by atoms with Gasteiger partial charge < -0.3 is 5.32 Å². The van der Waals surface area contributed by atoms with Crippen molar-refractivity contribution in [3.8, 4) is 0 Å². The lowest BCUT2D eigenvalue weighted by Crippen LogP contribution is -2.14. The van der Waals surface area contributed by atoms with Gasteiger partial charge in [-0.1, -0.05) is 13.5 Å². The first-order chi connectivity index (χ1) is 6.69. The normalized spacial score (nSPS) is 9.86. The maximum atomic E-state index is 11.2. The molecule has 0 aliphatic carbocycles. The van der Waals surface area contributed by atoms with E-state index in [1.54, 1.807) is 11.8 Å². The molecule has 0 bridgehead atoms. The van der Waals surface area contributed by atoms with Crippen LogP contribution in [0.4, 0.5) is 5.82 Å². The Hall–Kier alpha value is -1.23. The second kappa shape index (κ2) is 4.85. The third-order valence-corrected chi connectivity index (χ3v) is 2.62. The van der Waals surface area contributed by atoms with Crippen LogP contribution >= 0.6 is 11.8 Å². The summed E-state index contributed by atoms with van der Waals surface area (Å²) in [6.07, 6.45) is 1.53. The van der Waals surface area contributed by atoms with E-state index in [0.29, 0.717) is 5.82 Å². The monoisotopic (exact) mass is 211 g/mol. The summed E-state index contributed by atoms with van der Waals surface area (Å²) in [7, 11) is 0. The van der Waals surface area contributed by atoms with E-state index < -0.39 is 0 Å². The summed E-state index contributed by atoms with van der Waals surface area (Å²) in [5.41, 5.74) is 0.604. The molecule has 1 heterocycles. The Balaban J connectivity index is 3.17. The highest BCUT2D eigenvalue weighted by Gasteiger charge is 2.06. The van der Waals surface area contributed by atoms with E-state index in [0.717, 1.165) is 16.3 Å². The van der Waals surface area contributed by atoms with Crippen LogP contribution in [0, 0.1) is 6.92 Å². The average Bonchev–Trinajstić information content (AvgIpc) is 2.14. The van der Waals surface area contributed by atoms with E-state index in [4.69, 9.17) is 0 Å². The Morgan fingerprint density at radius 2 is 2.43 bits per heavy atom. The molecular weight excluding hydrogens is 198 g/mol. The Labute approximate surface area is 86.8 Å². The van der Waals surface area contributed by atoms with Crippen molar-refractivity contribution < 1.29 is 0 Å². The Morgan fingerprint density at radius 1 is 1.71 bits per heavy atom. The molecule has 1 rings (SSSR count). The quantitative estimate of drug-likeness (QED) is 0.588. The van der Waals surface area contributed by atoms with Crippen LogP contribution in [0.25, 0.3) is 0 Å². The zero-order chi connectivity index (χ0) is 10.6. The molecule has 0 spiro atoms. The molecule has 0 aliphatic rings. The van der Waals surface area contributed by atoms with Crippen LogP contribution in [0.5, 0.6) is 0 Å². The number of hydrogen-bond donors (Lipinski definition) is 2. The number of nitrogens with one attached hydrogen (secondary N) is 2. The van der Waals surface area contributed by atoms with Gasteiger partial charge in [0.2, 0.25) is 0 Å². The number of anilines is 1. The standard InChI is InChI=1S/C9H13N3OS/c1-4-10-7-6(3)8(14-5-2)12-9(13)11-7/h4H,1,5H2,2-3H3,(H2,10,11,12,13). The molecular formula is C9H13N3OS. The third kappa shape index (κ3) is 2.38. The molecule has 0 saturated carbocycles. The predicted octanol–water partition coefficient (Wildman–Crippen LogP) is 1.75. The van der Waals surface area contributed by atoms with Crippen LogP contribution in [0.1, 0.15) is 12.5 Å². The molecule has 0 radical (unpaired) electrons. The molecule has 2 N–H and O–H groups in total. The Morgan fingerprint density at radius 3 is 3.00 bits per heavy atom. The zero-order valence-corrected chi connectivity index (χ0v) is 9.07. The number of rotatable bonds is 4. The van der Waals surface area contributed by atoms with Gasteiger partial charge in [0.1, 0.15) is 10.8 Å². The number of nitrogens with zero attached hydrogens (tertiary/aromatic N) is 1. The molecule has 0 fully saturated rings. The number of thioether (sulfide) groups is 1. The van der Waals surface area contributed by atoms with Crippen molar-refractivity contribution in [2.75, 3.05) is 11.1 Å². The summed E-state index contributed by atoms with van der Waals surface area (Å²) in [5, 5.41) is 3.63. The number of hydrogen-bond acceptors (Lipinski definition) is 4. The van der Waals surface area contributed by atoms with E-state index in [1.165, 1.54) is 6.20 Å². The van der Waals surface area contributed by atoms with Crippen LogP contribution in [-0.4, -0.2) is 15.7 Å². The lowest BCUT2D eigenvalue weighted by Gasteiger charge is -2.07. The summed E-state index contributed by atoms with van der Waals surface area (Å²) >= 11 is 1.55. The van der Waals surface area contributed by atoms with Crippen molar-refractivity contribution in [2.45, 2.75) is 18.9 Å². The maximum Gasteiger partial charge on any atom is 0.347 e. The third-order valence-electron chi connectivity index (χ3n) is 1.66. The lowest BCUT2D eigenvalue weighted by molar-refractivity contribution is 0.952. The number of H-pyrrole nitrogens is 1. The maximum absolute atomic E-state index is 11.2. The summed E-state index contributed by atoms with van der Waals surface area (Å²) in [5.74, 6) is 1.56. The SMILES string of the molecule is C=CNc1[nH]c(=O)nc(SCC)c1C. The summed E-state index contributed by atoms with van der Waals surface area (Å²) < 4.78 is 0. The molecule has 0 saturated heterocycles. The molecule has 0 aliphatic heterocycles. The minimum Gasteiger partial charge on any atom is -0.348 e. The minimum absolute atomic E-state index is 0.337. The van der Waals surface area contributed by atoms with E-state index in [2.05, 4.69) is 21.9 Å². The smallest absolute Gasteiger partial charge is 0.347 e. The first kappa shape index (κ1) is 10.8. The summed E-state index contributed by atoms with van der Waals surface area (Å²) in [6.45, 7) is 7.47. The van der Waals surface area contributed by atoms with Crippen molar-refractivity contribution in [1.29, 1.82) is 0 Å².